The molecule has 0 aliphatic carbocycles. The number of anilines is 1. The van der Waals surface area contributed by atoms with Gasteiger partial charge in [-0.25, -0.2) is 9.37 Å². The van der Waals surface area contributed by atoms with E-state index >= 15 is 0 Å². The molecule has 0 bridgehead atoms. The Morgan fingerprint density at radius 1 is 1.29 bits per heavy atom. The summed E-state index contributed by atoms with van der Waals surface area (Å²) in [5.41, 5.74) is 1.80. The maximum absolute atomic E-state index is 13.2. The van der Waals surface area contributed by atoms with E-state index in [1.165, 1.54) is 12.1 Å². The molecule has 0 aliphatic rings. The Hall–Kier alpha value is -2.01. The molecule has 0 aliphatic heterocycles. The molecule has 0 unspecified atom stereocenters. The fourth-order valence-corrected chi connectivity index (χ4v) is 1.96. The number of nitrogens with one attached hydrogen (secondary N) is 1. The molecule has 1 heterocycles. The maximum Gasteiger partial charge on any atom is 0.147 e. The van der Waals surface area contributed by atoms with Gasteiger partial charge in [0.1, 0.15) is 11.6 Å². The van der Waals surface area contributed by atoms with Crippen LogP contribution in [0, 0.1) is 5.82 Å². The van der Waals surface area contributed by atoms with E-state index in [0.717, 1.165) is 17.1 Å². The van der Waals surface area contributed by atoms with E-state index in [4.69, 9.17) is 0 Å². The fraction of sp³-hybridized carbons (Fsp3) is 0.375. The van der Waals surface area contributed by atoms with Gasteiger partial charge in [0, 0.05) is 32.4 Å². The van der Waals surface area contributed by atoms with Crippen LogP contribution < -0.4 is 10.2 Å². The van der Waals surface area contributed by atoms with Crippen LogP contribution in [0.4, 0.5) is 10.2 Å². The largest absolute Gasteiger partial charge is 0.354 e. The summed E-state index contributed by atoms with van der Waals surface area (Å²) < 4.78 is 13.2. The van der Waals surface area contributed by atoms with Crippen LogP contribution in [0.15, 0.2) is 36.7 Å². The van der Waals surface area contributed by atoms with Gasteiger partial charge in [0.25, 0.3) is 0 Å². The van der Waals surface area contributed by atoms with Gasteiger partial charge in [-0.15, -0.1) is 0 Å². The Morgan fingerprint density at radius 2 is 2.10 bits per heavy atom. The third-order valence-corrected chi connectivity index (χ3v) is 3.06. The first-order valence-corrected chi connectivity index (χ1v) is 7.04. The van der Waals surface area contributed by atoms with E-state index in [0.29, 0.717) is 19.1 Å². The molecule has 0 saturated carbocycles. The highest BCUT2D eigenvalue weighted by Crippen LogP contribution is 2.13. The van der Waals surface area contributed by atoms with Crippen LogP contribution in [0.2, 0.25) is 0 Å². The normalized spacial score (nSPS) is 10.9. The van der Waals surface area contributed by atoms with Crippen LogP contribution in [0.5, 0.6) is 0 Å². The first-order valence-electron chi connectivity index (χ1n) is 7.04. The average molecular weight is 288 g/mol. The summed E-state index contributed by atoms with van der Waals surface area (Å²) in [4.78, 5) is 10.8. The molecule has 1 aromatic carbocycles. The van der Waals surface area contributed by atoms with Crippen LogP contribution in [0.3, 0.4) is 0 Å². The minimum Gasteiger partial charge on any atom is -0.354 e. The Morgan fingerprint density at radius 3 is 2.81 bits per heavy atom. The zero-order valence-electron chi connectivity index (χ0n) is 12.7. The smallest absolute Gasteiger partial charge is 0.147 e. The van der Waals surface area contributed by atoms with Crippen LogP contribution in [0.1, 0.15) is 25.1 Å². The molecule has 0 spiro atoms. The molecular formula is C16H21FN4. The van der Waals surface area contributed by atoms with E-state index < -0.39 is 0 Å². The summed E-state index contributed by atoms with van der Waals surface area (Å²) in [6, 6.07) is 7.00. The molecule has 0 saturated heterocycles. The van der Waals surface area contributed by atoms with E-state index in [1.807, 2.05) is 18.0 Å². The van der Waals surface area contributed by atoms with E-state index in [-0.39, 0.29) is 5.82 Å². The Bertz CT molecular complexity index is 586. The van der Waals surface area contributed by atoms with Gasteiger partial charge in [-0.1, -0.05) is 26.0 Å². The van der Waals surface area contributed by atoms with Crippen molar-refractivity contribution in [2.75, 3.05) is 11.9 Å². The summed E-state index contributed by atoms with van der Waals surface area (Å²) in [5, 5.41) is 3.31. The van der Waals surface area contributed by atoms with Crippen LogP contribution in [-0.4, -0.2) is 23.1 Å². The minimum absolute atomic E-state index is 0.220. The van der Waals surface area contributed by atoms with Gasteiger partial charge >= 0.3 is 0 Å². The number of hydrogen-bond acceptors (Lipinski definition) is 4. The lowest BCUT2D eigenvalue weighted by atomic mass is 10.2. The molecule has 2 rings (SSSR count). The first-order chi connectivity index (χ1) is 10.0. The van der Waals surface area contributed by atoms with E-state index in [2.05, 4.69) is 29.1 Å². The number of benzene rings is 1. The zero-order chi connectivity index (χ0) is 15.2. The monoisotopic (exact) mass is 288 g/mol. The molecule has 0 radical (unpaired) electrons. The lowest BCUT2D eigenvalue weighted by molar-refractivity contribution is 0.580. The summed E-state index contributed by atoms with van der Waals surface area (Å²) in [7, 11) is 1.93. The summed E-state index contributed by atoms with van der Waals surface area (Å²) >= 11 is 0. The number of halogens is 1. The second-order valence-electron chi connectivity index (χ2n) is 5.39. The van der Waals surface area contributed by atoms with Crippen LogP contribution >= 0.6 is 0 Å². The highest BCUT2D eigenvalue weighted by Gasteiger charge is 2.06. The summed E-state index contributed by atoms with van der Waals surface area (Å²) in [5.74, 6) is 0.559. The number of nitrogens with zero attached hydrogens (tertiary/aromatic N) is 3. The van der Waals surface area contributed by atoms with E-state index in [1.54, 1.807) is 18.5 Å². The first kappa shape index (κ1) is 15.4. The van der Waals surface area contributed by atoms with Gasteiger partial charge in [-0.05, 0) is 17.7 Å². The van der Waals surface area contributed by atoms with Gasteiger partial charge < -0.3 is 10.2 Å². The molecule has 4 nitrogen and oxygen atoms in total. The Labute approximate surface area is 125 Å². The predicted molar refractivity (Wildman–Crippen MR) is 82.5 cm³/mol. The minimum atomic E-state index is -0.220. The third kappa shape index (κ3) is 4.79. The average Bonchev–Trinajstić information content (AvgIpc) is 2.45. The van der Waals surface area contributed by atoms with E-state index in [9.17, 15) is 4.39 Å². The molecule has 1 aromatic heterocycles. The Balaban J connectivity index is 2.05. The SMILES string of the molecule is CC(C)NCc1cncc(N(C)Cc2cccc(F)c2)n1. The van der Waals surface area contributed by atoms with Crippen molar-refractivity contribution in [1.29, 1.82) is 0 Å². The quantitative estimate of drug-likeness (QED) is 0.887. The van der Waals surface area contributed by atoms with Crippen LogP contribution in [0.25, 0.3) is 0 Å². The van der Waals surface area contributed by atoms with Crippen molar-refractivity contribution in [3.05, 3.63) is 53.7 Å². The van der Waals surface area contributed by atoms with Crippen molar-refractivity contribution in [2.24, 2.45) is 0 Å². The third-order valence-electron chi connectivity index (χ3n) is 3.06. The molecule has 0 fully saturated rings. The second kappa shape index (κ2) is 7.13. The van der Waals surface area contributed by atoms with Crippen molar-refractivity contribution < 1.29 is 4.39 Å². The molecule has 0 amide bonds. The standard InChI is InChI=1S/C16H21FN4/c1-12(2)19-9-15-8-18-10-16(20-15)21(3)11-13-5-4-6-14(17)7-13/h4-8,10,12,19H,9,11H2,1-3H3. The molecule has 0 atom stereocenters. The molecule has 5 heteroatoms. The lowest BCUT2D eigenvalue weighted by Crippen LogP contribution is -2.24. The highest BCUT2D eigenvalue weighted by molar-refractivity contribution is 5.36. The summed E-state index contributed by atoms with van der Waals surface area (Å²) in [6.45, 7) is 5.46. The van der Waals surface area contributed by atoms with Crippen molar-refractivity contribution in [3.8, 4) is 0 Å². The Kier molecular flexibility index (Phi) is 5.22. The molecular weight excluding hydrogens is 267 g/mol. The number of aromatic nitrogens is 2. The number of rotatable bonds is 6. The van der Waals surface area contributed by atoms with Crippen molar-refractivity contribution in [2.45, 2.75) is 33.0 Å². The van der Waals surface area contributed by atoms with Crippen molar-refractivity contribution in [1.82, 2.24) is 15.3 Å². The fourth-order valence-electron chi connectivity index (χ4n) is 1.96. The molecule has 21 heavy (non-hydrogen) atoms. The van der Waals surface area contributed by atoms with Crippen LogP contribution in [-0.2, 0) is 13.1 Å². The maximum atomic E-state index is 13.2. The lowest BCUT2D eigenvalue weighted by Gasteiger charge is -2.18. The molecule has 2 aromatic rings. The van der Waals surface area contributed by atoms with Gasteiger partial charge in [0.05, 0.1) is 11.9 Å². The van der Waals surface area contributed by atoms with Gasteiger partial charge in [0.15, 0.2) is 0 Å². The zero-order valence-corrected chi connectivity index (χ0v) is 12.7. The van der Waals surface area contributed by atoms with Gasteiger partial charge in [-0.2, -0.15) is 0 Å². The highest BCUT2D eigenvalue weighted by atomic mass is 19.1. The van der Waals surface area contributed by atoms with Crippen molar-refractivity contribution in [3.63, 3.8) is 0 Å². The summed E-state index contributed by atoms with van der Waals surface area (Å²) in [6.07, 6.45) is 3.48. The molecule has 1 N–H and O–H groups in total. The van der Waals surface area contributed by atoms with Crippen molar-refractivity contribution >= 4 is 5.82 Å². The number of hydrogen-bond donors (Lipinski definition) is 1. The molecule has 112 valence electrons. The topological polar surface area (TPSA) is 41.1 Å². The van der Waals surface area contributed by atoms with Gasteiger partial charge in [-0.3, -0.25) is 4.98 Å². The predicted octanol–water partition coefficient (Wildman–Crippen LogP) is 2.75. The van der Waals surface area contributed by atoms with Gasteiger partial charge in [0.2, 0.25) is 0 Å². The second-order valence-corrected chi connectivity index (χ2v) is 5.39.